The van der Waals surface area contributed by atoms with Crippen LogP contribution in [0.25, 0.3) is 0 Å². The molecular weight excluding hydrogens is 166 g/mol. The molecule has 0 aromatic rings. The average Bonchev–Trinajstić information content (AvgIpc) is 2.03. The number of rotatable bonds is 2. The van der Waals surface area contributed by atoms with Gasteiger partial charge in [0.25, 0.3) is 5.92 Å². The maximum absolute atomic E-state index is 12.0. The highest BCUT2D eigenvalue weighted by Gasteiger charge is 2.20. The second-order valence-corrected chi connectivity index (χ2v) is 2.00. The van der Waals surface area contributed by atoms with Crippen molar-refractivity contribution in [3.63, 3.8) is 0 Å². The third-order valence-electron chi connectivity index (χ3n) is 0.786. The predicted molar refractivity (Wildman–Crippen MR) is 44.4 cm³/mol. The summed E-state index contributed by atoms with van der Waals surface area (Å²) in [5, 5.41) is 4.13. The first-order valence-electron chi connectivity index (χ1n) is 3.79. The zero-order chi connectivity index (χ0) is 10.2. The summed E-state index contributed by atoms with van der Waals surface area (Å²) in [6, 6.07) is -0.596. The lowest BCUT2D eigenvalue weighted by atomic mass is 10.4. The Balaban J connectivity index is 0. The number of urea groups is 1. The molecular formula is C7H16F2N2O. The lowest BCUT2D eigenvalue weighted by Gasteiger charge is -2.10. The van der Waals surface area contributed by atoms with E-state index >= 15 is 0 Å². The minimum atomic E-state index is -2.84. The number of carbonyl (C=O) groups excluding carboxylic acids is 1. The summed E-state index contributed by atoms with van der Waals surface area (Å²) in [4.78, 5) is 10.3. The minimum Gasteiger partial charge on any atom is -0.341 e. The quantitative estimate of drug-likeness (QED) is 0.669. The van der Waals surface area contributed by atoms with Gasteiger partial charge in [0.1, 0.15) is 0 Å². The lowest BCUT2D eigenvalue weighted by molar-refractivity contribution is 0.0253. The zero-order valence-corrected chi connectivity index (χ0v) is 7.87. The van der Waals surface area contributed by atoms with Crippen molar-refractivity contribution in [1.82, 2.24) is 10.6 Å². The molecule has 0 atom stereocenters. The van der Waals surface area contributed by atoms with Crippen LogP contribution in [0, 0.1) is 0 Å². The number of nitrogens with one attached hydrogen (secondary N) is 2. The van der Waals surface area contributed by atoms with Crippen molar-refractivity contribution in [3.05, 3.63) is 0 Å². The minimum absolute atomic E-state index is 0.596. The Morgan fingerprint density at radius 1 is 1.42 bits per heavy atom. The third-order valence-corrected chi connectivity index (χ3v) is 0.786. The molecule has 0 aromatic heterocycles. The number of carbonyl (C=O) groups is 1. The van der Waals surface area contributed by atoms with Gasteiger partial charge in [0.2, 0.25) is 0 Å². The van der Waals surface area contributed by atoms with Crippen molar-refractivity contribution >= 4 is 6.03 Å². The molecule has 12 heavy (non-hydrogen) atoms. The second-order valence-electron chi connectivity index (χ2n) is 2.00. The molecule has 0 fully saturated rings. The normalized spacial score (nSPS) is 9.50. The molecule has 0 unspecified atom stereocenters. The van der Waals surface area contributed by atoms with Gasteiger partial charge < -0.3 is 10.6 Å². The van der Waals surface area contributed by atoms with E-state index in [2.05, 4.69) is 5.32 Å². The number of amides is 2. The van der Waals surface area contributed by atoms with E-state index in [0.717, 1.165) is 6.92 Å². The van der Waals surface area contributed by atoms with Gasteiger partial charge in [-0.25, -0.2) is 13.6 Å². The van der Waals surface area contributed by atoms with Gasteiger partial charge in [-0.2, -0.15) is 0 Å². The van der Waals surface area contributed by atoms with Crippen molar-refractivity contribution < 1.29 is 13.6 Å². The SMILES string of the molecule is CC.CNC(=O)NCC(C)(F)F. The molecule has 0 bridgehead atoms. The Morgan fingerprint density at radius 3 is 2.08 bits per heavy atom. The summed E-state index contributed by atoms with van der Waals surface area (Å²) in [5.74, 6) is -2.84. The van der Waals surface area contributed by atoms with Gasteiger partial charge in [0, 0.05) is 14.0 Å². The van der Waals surface area contributed by atoms with E-state index in [1.165, 1.54) is 7.05 Å². The molecule has 0 heterocycles. The van der Waals surface area contributed by atoms with Gasteiger partial charge in [-0.3, -0.25) is 0 Å². The predicted octanol–water partition coefficient (Wildman–Crippen LogP) is 1.60. The maximum Gasteiger partial charge on any atom is 0.314 e. The van der Waals surface area contributed by atoms with Gasteiger partial charge >= 0.3 is 6.03 Å². The molecule has 0 rings (SSSR count). The van der Waals surface area contributed by atoms with Gasteiger partial charge in [0.15, 0.2) is 0 Å². The van der Waals surface area contributed by atoms with Crippen LogP contribution in [0.2, 0.25) is 0 Å². The Bertz CT molecular complexity index is 123. The molecule has 0 saturated carbocycles. The Hall–Kier alpha value is -0.870. The molecule has 2 N–H and O–H groups in total. The van der Waals surface area contributed by atoms with Crippen molar-refractivity contribution in [2.24, 2.45) is 0 Å². The second kappa shape index (κ2) is 6.82. The fraction of sp³-hybridized carbons (Fsp3) is 0.857. The van der Waals surface area contributed by atoms with E-state index in [4.69, 9.17) is 0 Å². The molecule has 0 spiro atoms. The summed E-state index contributed by atoms with van der Waals surface area (Å²) in [5.41, 5.74) is 0. The fourth-order valence-corrected chi connectivity index (χ4v) is 0.324. The molecule has 74 valence electrons. The molecule has 0 aliphatic rings. The monoisotopic (exact) mass is 182 g/mol. The van der Waals surface area contributed by atoms with E-state index < -0.39 is 18.5 Å². The first-order chi connectivity index (χ1) is 5.45. The molecule has 0 saturated heterocycles. The van der Waals surface area contributed by atoms with Crippen LogP contribution < -0.4 is 10.6 Å². The number of halogens is 2. The standard InChI is InChI=1S/C5H10F2N2O.C2H6/c1-5(6,7)3-9-4(10)8-2;1-2/h3H2,1-2H3,(H2,8,9,10);1-2H3. The Kier molecular flexibility index (Phi) is 7.78. The largest absolute Gasteiger partial charge is 0.341 e. The highest BCUT2D eigenvalue weighted by atomic mass is 19.3. The van der Waals surface area contributed by atoms with Crippen molar-refractivity contribution in [2.45, 2.75) is 26.7 Å². The molecule has 2 amide bonds. The number of hydrogen-bond acceptors (Lipinski definition) is 1. The number of hydrogen-bond donors (Lipinski definition) is 2. The molecule has 3 nitrogen and oxygen atoms in total. The summed E-state index contributed by atoms with van der Waals surface area (Å²) >= 11 is 0. The Morgan fingerprint density at radius 2 is 1.83 bits per heavy atom. The highest BCUT2D eigenvalue weighted by Crippen LogP contribution is 2.08. The molecule has 0 radical (unpaired) electrons. The van der Waals surface area contributed by atoms with E-state index in [1.54, 1.807) is 0 Å². The lowest BCUT2D eigenvalue weighted by Crippen LogP contribution is -2.39. The molecule has 0 aliphatic carbocycles. The van der Waals surface area contributed by atoms with E-state index in [-0.39, 0.29) is 0 Å². The summed E-state index contributed by atoms with van der Waals surface area (Å²) in [6.07, 6.45) is 0. The van der Waals surface area contributed by atoms with Crippen LogP contribution in [0.1, 0.15) is 20.8 Å². The zero-order valence-electron chi connectivity index (χ0n) is 7.87. The maximum atomic E-state index is 12.0. The Labute approximate surface area is 71.5 Å². The first kappa shape index (κ1) is 13.7. The molecule has 0 aromatic carbocycles. The molecule has 0 aliphatic heterocycles. The fourth-order valence-electron chi connectivity index (χ4n) is 0.324. The van der Waals surface area contributed by atoms with Gasteiger partial charge in [-0.15, -0.1) is 0 Å². The summed E-state index contributed by atoms with van der Waals surface area (Å²) in [7, 11) is 1.36. The topological polar surface area (TPSA) is 41.1 Å². The van der Waals surface area contributed by atoms with Crippen LogP contribution in [-0.2, 0) is 0 Å². The van der Waals surface area contributed by atoms with Gasteiger partial charge in [-0.1, -0.05) is 13.8 Å². The van der Waals surface area contributed by atoms with Crippen LogP contribution in [0.5, 0.6) is 0 Å². The van der Waals surface area contributed by atoms with E-state index in [0.29, 0.717) is 0 Å². The molecule has 5 heteroatoms. The third kappa shape index (κ3) is 11.9. The summed E-state index contributed by atoms with van der Waals surface area (Å²) in [6.45, 7) is 4.11. The summed E-state index contributed by atoms with van der Waals surface area (Å²) < 4.78 is 24.0. The smallest absolute Gasteiger partial charge is 0.314 e. The van der Waals surface area contributed by atoms with Crippen LogP contribution in [0.3, 0.4) is 0 Å². The first-order valence-corrected chi connectivity index (χ1v) is 3.79. The van der Waals surface area contributed by atoms with Crippen molar-refractivity contribution in [2.75, 3.05) is 13.6 Å². The number of alkyl halides is 2. The van der Waals surface area contributed by atoms with Crippen molar-refractivity contribution in [3.8, 4) is 0 Å². The van der Waals surface area contributed by atoms with E-state index in [1.807, 2.05) is 19.2 Å². The van der Waals surface area contributed by atoms with Gasteiger partial charge in [0.05, 0.1) is 6.54 Å². The average molecular weight is 182 g/mol. The van der Waals surface area contributed by atoms with E-state index in [9.17, 15) is 13.6 Å². The van der Waals surface area contributed by atoms with Crippen LogP contribution in [0.15, 0.2) is 0 Å². The van der Waals surface area contributed by atoms with Crippen LogP contribution in [0.4, 0.5) is 13.6 Å². The highest BCUT2D eigenvalue weighted by molar-refractivity contribution is 5.73. The van der Waals surface area contributed by atoms with Crippen LogP contribution >= 0.6 is 0 Å². The van der Waals surface area contributed by atoms with Crippen molar-refractivity contribution in [1.29, 1.82) is 0 Å². The van der Waals surface area contributed by atoms with Crippen LogP contribution in [-0.4, -0.2) is 25.5 Å². The van der Waals surface area contributed by atoms with Gasteiger partial charge in [-0.05, 0) is 0 Å².